The Morgan fingerprint density at radius 1 is 1.26 bits per heavy atom. The van der Waals surface area contributed by atoms with E-state index in [2.05, 4.69) is 10.3 Å². The Kier molecular flexibility index (Phi) is 7.50. The van der Waals surface area contributed by atoms with E-state index >= 15 is 0 Å². The third-order valence-corrected chi connectivity index (χ3v) is 5.42. The standard InChI is InChI=1S/C20H28N4O2S/c1-6-16-9-7-8-10-18(16)22-19(25)13-24(5)20(26)14(2)23(4)12-17-11-21-15(3)27-17/h7-11,14H,6,12-13H2,1-5H3,(H,22,25). The zero-order valence-corrected chi connectivity index (χ0v) is 17.5. The van der Waals surface area contributed by atoms with Crippen molar-refractivity contribution in [2.45, 2.75) is 39.8 Å². The van der Waals surface area contributed by atoms with Crippen LogP contribution >= 0.6 is 11.3 Å². The number of amides is 2. The number of hydrogen-bond acceptors (Lipinski definition) is 5. The van der Waals surface area contributed by atoms with Crippen molar-refractivity contribution in [1.29, 1.82) is 0 Å². The lowest BCUT2D eigenvalue weighted by Crippen LogP contribution is -2.46. The van der Waals surface area contributed by atoms with Crippen LogP contribution in [0.5, 0.6) is 0 Å². The molecular weight excluding hydrogens is 360 g/mol. The highest BCUT2D eigenvalue weighted by Crippen LogP contribution is 2.16. The van der Waals surface area contributed by atoms with Crippen molar-refractivity contribution in [3.8, 4) is 0 Å². The summed E-state index contributed by atoms with van der Waals surface area (Å²) in [5.41, 5.74) is 1.88. The Balaban J connectivity index is 1.90. The summed E-state index contributed by atoms with van der Waals surface area (Å²) >= 11 is 1.63. The number of benzene rings is 1. The summed E-state index contributed by atoms with van der Waals surface area (Å²) in [7, 11) is 3.57. The third-order valence-electron chi connectivity index (χ3n) is 4.52. The number of aromatic nitrogens is 1. The first-order valence-corrected chi connectivity index (χ1v) is 9.87. The molecule has 0 aliphatic heterocycles. The van der Waals surface area contributed by atoms with Gasteiger partial charge in [0.15, 0.2) is 0 Å². The molecule has 1 unspecified atom stereocenters. The van der Waals surface area contributed by atoms with Gasteiger partial charge in [-0.05, 0) is 38.9 Å². The average molecular weight is 389 g/mol. The van der Waals surface area contributed by atoms with Crippen molar-refractivity contribution < 1.29 is 9.59 Å². The molecule has 0 fully saturated rings. The van der Waals surface area contributed by atoms with E-state index in [9.17, 15) is 9.59 Å². The van der Waals surface area contributed by atoms with E-state index < -0.39 is 0 Å². The van der Waals surface area contributed by atoms with E-state index in [1.165, 1.54) is 4.90 Å². The summed E-state index contributed by atoms with van der Waals surface area (Å²) in [4.78, 5) is 33.8. The first kappa shape index (κ1) is 21.1. The second kappa shape index (κ2) is 9.62. The van der Waals surface area contributed by atoms with Crippen LogP contribution in [0, 0.1) is 6.92 Å². The number of hydrogen-bond donors (Lipinski definition) is 1. The van der Waals surface area contributed by atoms with E-state index in [-0.39, 0.29) is 24.4 Å². The Bertz CT molecular complexity index is 790. The highest BCUT2D eigenvalue weighted by molar-refractivity contribution is 7.11. The number of anilines is 1. The van der Waals surface area contributed by atoms with Gasteiger partial charge >= 0.3 is 0 Å². The van der Waals surface area contributed by atoms with Crippen LogP contribution in [0.1, 0.15) is 29.3 Å². The van der Waals surface area contributed by atoms with Gasteiger partial charge in [0, 0.05) is 30.4 Å². The van der Waals surface area contributed by atoms with Gasteiger partial charge in [0.1, 0.15) is 0 Å². The van der Waals surface area contributed by atoms with Gasteiger partial charge in [0.25, 0.3) is 0 Å². The van der Waals surface area contributed by atoms with Gasteiger partial charge in [-0.3, -0.25) is 14.5 Å². The number of rotatable bonds is 8. The topological polar surface area (TPSA) is 65.5 Å². The van der Waals surface area contributed by atoms with E-state index in [1.54, 1.807) is 18.4 Å². The van der Waals surface area contributed by atoms with Crippen molar-refractivity contribution in [3.63, 3.8) is 0 Å². The number of likely N-dealkylation sites (N-methyl/N-ethyl adjacent to an activating group) is 2. The van der Waals surface area contributed by atoms with Gasteiger partial charge in [0.05, 0.1) is 17.6 Å². The van der Waals surface area contributed by atoms with Crippen LogP contribution in [0.25, 0.3) is 0 Å². The second-order valence-electron chi connectivity index (χ2n) is 6.69. The lowest BCUT2D eigenvalue weighted by Gasteiger charge is -2.27. The molecule has 0 spiro atoms. The fourth-order valence-corrected chi connectivity index (χ4v) is 3.66. The first-order chi connectivity index (χ1) is 12.8. The minimum atomic E-state index is -0.326. The van der Waals surface area contributed by atoms with Crippen molar-refractivity contribution in [2.24, 2.45) is 0 Å². The van der Waals surface area contributed by atoms with Crippen LogP contribution in [0.3, 0.4) is 0 Å². The van der Waals surface area contributed by atoms with Crippen molar-refractivity contribution in [2.75, 3.05) is 26.0 Å². The molecule has 1 atom stereocenters. The quantitative estimate of drug-likeness (QED) is 0.755. The van der Waals surface area contributed by atoms with Crippen LogP contribution in [0.15, 0.2) is 30.5 Å². The minimum Gasteiger partial charge on any atom is -0.335 e. The molecule has 0 saturated carbocycles. The Hall–Kier alpha value is -2.25. The average Bonchev–Trinajstić information content (AvgIpc) is 3.05. The van der Waals surface area contributed by atoms with Crippen LogP contribution < -0.4 is 5.32 Å². The van der Waals surface area contributed by atoms with Crippen molar-refractivity contribution in [1.82, 2.24) is 14.8 Å². The molecule has 6 nitrogen and oxygen atoms in total. The zero-order chi connectivity index (χ0) is 20.0. The molecule has 1 aromatic carbocycles. The normalized spacial score (nSPS) is 12.1. The molecular formula is C20H28N4O2S. The molecule has 1 aromatic heterocycles. The summed E-state index contributed by atoms with van der Waals surface area (Å²) in [5.74, 6) is -0.280. The SMILES string of the molecule is CCc1ccccc1NC(=O)CN(C)C(=O)C(C)N(C)Cc1cnc(C)s1. The van der Waals surface area contributed by atoms with Gasteiger partial charge in [-0.1, -0.05) is 25.1 Å². The fourth-order valence-electron chi connectivity index (χ4n) is 2.80. The fraction of sp³-hybridized carbons (Fsp3) is 0.450. The number of carbonyl (C=O) groups is 2. The third kappa shape index (κ3) is 5.87. The minimum absolute atomic E-state index is 0.0225. The van der Waals surface area contributed by atoms with Crippen LogP contribution in [0.4, 0.5) is 5.69 Å². The summed E-state index contributed by atoms with van der Waals surface area (Å²) in [6, 6.07) is 7.39. The molecule has 27 heavy (non-hydrogen) atoms. The number of carbonyl (C=O) groups excluding carboxylic acids is 2. The lowest BCUT2D eigenvalue weighted by atomic mass is 10.1. The highest BCUT2D eigenvalue weighted by atomic mass is 32.1. The number of nitrogens with zero attached hydrogens (tertiary/aromatic N) is 3. The van der Waals surface area contributed by atoms with Crippen LogP contribution in [-0.4, -0.2) is 53.3 Å². The van der Waals surface area contributed by atoms with Gasteiger partial charge in [-0.25, -0.2) is 4.98 Å². The van der Waals surface area contributed by atoms with Crippen molar-refractivity contribution in [3.05, 3.63) is 45.9 Å². The lowest BCUT2D eigenvalue weighted by molar-refractivity contribution is -0.137. The van der Waals surface area contributed by atoms with E-state index in [0.29, 0.717) is 6.54 Å². The molecule has 7 heteroatoms. The molecule has 2 amide bonds. The summed E-state index contributed by atoms with van der Waals surface area (Å²) in [5, 5.41) is 3.92. The zero-order valence-electron chi connectivity index (χ0n) is 16.7. The molecule has 1 N–H and O–H groups in total. The molecule has 0 radical (unpaired) electrons. The summed E-state index contributed by atoms with van der Waals surface area (Å²) in [6.07, 6.45) is 2.68. The molecule has 2 aromatic rings. The first-order valence-electron chi connectivity index (χ1n) is 9.06. The van der Waals surface area contributed by atoms with Crippen LogP contribution in [-0.2, 0) is 22.6 Å². The molecule has 0 bridgehead atoms. The number of thiazole rings is 1. The monoisotopic (exact) mass is 388 g/mol. The summed E-state index contributed by atoms with van der Waals surface area (Å²) in [6.45, 7) is 6.54. The molecule has 0 saturated heterocycles. The van der Waals surface area contributed by atoms with Crippen molar-refractivity contribution >= 4 is 28.8 Å². The van der Waals surface area contributed by atoms with Gasteiger partial charge in [-0.15, -0.1) is 11.3 Å². The van der Waals surface area contributed by atoms with E-state index in [0.717, 1.165) is 27.6 Å². The highest BCUT2D eigenvalue weighted by Gasteiger charge is 2.23. The molecule has 146 valence electrons. The maximum absolute atomic E-state index is 12.7. The molecule has 0 aliphatic carbocycles. The number of nitrogens with one attached hydrogen (secondary N) is 1. The molecule has 0 aliphatic rings. The number of aryl methyl sites for hydroxylation is 2. The van der Waals surface area contributed by atoms with E-state index in [4.69, 9.17) is 0 Å². The van der Waals surface area contributed by atoms with Gasteiger partial charge in [-0.2, -0.15) is 0 Å². The van der Waals surface area contributed by atoms with Crippen LogP contribution in [0.2, 0.25) is 0 Å². The Morgan fingerprint density at radius 2 is 1.96 bits per heavy atom. The predicted molar refractivity (Wildman–Crippen MR) is 110 cm³/mol. The largest absolute Gasteiger partial charge is 0.335 e. The van der Waals surface area contributed by atoms with E-state index in [1.807, 2.05) is 63.2 Å². The predicted octanol–water partition coefficient (Wildman–Crippen LogP) is 2.93. The number of para-hydroxylation sites is 1. The Labute approximate surface area is 165 Å². The van der Waals surface area contributed by atoms with Gasteiger partial charge < -0.3 is 10.2 Å². The maximum Gasteiger partial charge on any atom is 0.243 e. The van der Waals surface area contributed by atoms with Gasteiger partial charge in [0.2, 0.25) is 11.8 Å². The Morgan fingerprint density at radius 3 is 2.59 bits per heavy atom. The molecule has 1 heterocycles. The summed E-state index contributed by atoms with van der Waals surface area (Å²) < 4.78 is 0. The molecule has 2 rings (SSSR count). The second-order valence-corrected chi connectivity index (χ2v) is 8.01. The maximum atomic E-state index is 12.7. The smallest absolute Gasteiger partial charge is 0.243 e.